The highest BCUT2D eigenvalue weighted by atomic mass is 19.1. The van der Waals surface area contributed by atoms with E-state index in [0.29, 0.717) is 17.0 Å². The molecule has 0 spiro atoms. The third kappa shape index (κ3) is 5.08. The molecule has 2 N–H and O–H groups in total. The van der Waals surface area contributed by atoms with Gasteiger partial charge in [-0.15, -0.1) is 0 Å². The normalized spacial score (nSPS) is 11.6. The number of carboxylic acid groups (broad SMARTS) is 1. The number of halogens is 1. The van der Waals surface area contributed by atoms with Gasteiger partial charge in [0.15, 0.2) is 0 Å². The first-order valence-corrected chi connectivity index (χ1v) is 7.39. The van der Waals surface area contributed by atoms with Crippen molar-refractivity contribution in [1.29, 1.82) is 0 Å². The minimum Gasteiger partial charge on any atom is -0.497 e. The molecule has 6 heteroatoms. The zero-order chi connectivity index (χ0) is 17.5. The van der Waals surface area contributed by atoms with E-state index in [9.17, 15) is 14.0 Å². The quantitative estimate of drug-likeness (QED) is 0.815. The average Bonchev–Trinajstić information content (AvgIpc) is 2.55. The van der Waals surface area contributed by atoms with E-state index in [4.69, 9.17) is 9.84 Å². The zero-order valence-corrected chi connectivity index (χ0v) is 13.2. The summed E-state index contributed by atoms with van der Waals surface area (Å²) in [6.07, 6.45) is -0.217. The molecule has 0 unspecified atom stereocenters. The molecule has 0 heterocycles. The van der Waals surface area contributed by atoms with Gasteiger partial charge in [0.2, 0.25) is 5.91 Å². The minimum atomic E-state index is -1.01. The number of carbonyl (C=O) groups excluding carboxylic acids is 1. The third-order valence-electron chi connectivity index (χ3n) is 3.57. The summed E-state index contributed by atoms with van der Waals surface area (Å²) >= 11 is 0. The molecule has 0 aromatic heterocycles. The standard InChI is InChI=1S/C18H18FNO4/c1-24-16-8-6-15(7-9-16)20-17(21)10-13(11-18(22)23)12-2-4-14(19)5-3-12/h2-9,13H,10-11H2,1H3,(H,20,21)(H,22,23)/t13-/m1/s1. The van der Waals surface area contributed by atoms with Crippen LogP contribution in [0.25, 0.3) is 0 Å². The Balaban J connectivity index is 2.05. The Morgan fingerprint density at radius 1 is 1.08 bits per heavy atom. The first-order chi connectivity index (χ1) is 11.5. The Hall–Kier alpha value is -2.89. The molecule has 0 saturated heterocycles. The molecular formula is C18H18FNO4. The van der Waals surface area contributed by atoms with E-state index in [1.165, 1.54) is 24.3 Å². The molecule has 0 aliphatic heterocycles. The van der Waals surface area contributed by atoms with E-state index in [1.54, 1.807) is 31.4 Å². The highest BCUT2D eigenvalue weighted by Gasteiger charge is 2.19. The number of anilines is 1. The first kappa shape index (κ1) is 17.5. The number of nitrogens with one attached hydrogen (secondary N) is 1. The number of methoxy groups -OCH3 is 1. The fourth-order valence-corrected chi connectivity index (χ4v) is 2.36. The van der Waals surface area contributed by atoms with Crippen LogP contribution in [0.5, 0.6) is 5.75 Å². The SMILES string of the molecule is COc1ccc(NC(=O)C[C@H](CC(=O)O)c2ccc(F)cc2)cc1. The summed E-state index contributed by atoms with van der Waals surface area (Å²) in [4.78, 5) is 23.2. The molecule has 0 bridgehead atoms. The lowest BCUT2D eigenvalue weighted by Crippen LogP contribution is -2.17. The summed E-state index contributed by atoms with van der Waals surface area (Å²) in [5.41, 5.74) is 1.21. The van der Waals surface area contributed by atoms with Crippen molar-refractivity contribution in [1.82, 2.24) is 0 Å². The van der Waals surface area contributed by atoms with Crippen LogP contribution in [0.3, 0.4) is 0 Å². The summed E-state index contributed by atoms with van der Waals surface area (Å²) in [7, 11) is 1.55. The van der Waals surface area contributed by atoms with Crippen LogP contribution in [0.1, 0.15) is 24.3 Å². The Labute approximate surface area is 139 Å². The maximum absolute atomic E-state index is 13.0. The number of carbonyl (C=O) groups is 2. The average molecular weight is 331 g/mol. The van der Waals surface area contributed by atoms with Gasteiger partial charge in [0.25, 0.3) is 0 Å². The Kier molecular flexibility index (Phi) is 5.89. The molecule has 24 heavy (non-hydrogen) atoms. The van der Waals surface area contributed by atoms with Gasteiger partial charge < -0.3 is 15.2 Å². The fraction of sp³-hybridized carbons (Fsp3) is 0.222. The van der Waals surface area contributed by atoms with Gasteiger partial charge in [-0.3, -0.25) is 9.59 Å². The van der Waals surface area contributed by atoms with Crippen molar-refractivity contribution in [3.63, 3.8) is 0 Å². The predicted octanol–water partition coefficient (Wildman–Crippen LogP) is 3.42. The van der Waals surface area contributed by atoms with Gasteiger partial charge in [0.1, 0.15) is 11.6 Å². The zero-order valence-electron chi connectivity index (χ0n) is 13.2. The van der Waals surface area contributed by atoms with Crippen molar-refractivity contribution in [2.24, 2.45) is 0 Å². The fourth-order valence-electron chi connectivity index (χ4n) is 2.36. The summed E-state index contributed by atoms with van der Waals surface area (Å²) in [5.74, 6) is -1.59. The monoisotopic (exact) mass is 331 g/mol. The summed E-state index contributed by atoms with van der Waals surface area (Å²) < 4.78 is 18.1. The Bertz CT molecular complexity index is 698. The van der Waals surface area contributed by atoms with Crippen molar-refractivity contribution in [3.8, 4) is 5.75 Å². The highest BCUT2D eigenvalue weighted by molar-refractivity contribution is 5.91. The van der Waals surface area contributed by atoms with Crippen LogP contribution < -0.4 is 10.1 Å². The second kappa shape index (κ2) is 8.10. The second-order valence-corrected chi connectivity index (χ2v) is 5.33. The van der Waals surface area contributed by atoms with Crippen LogP contribution >= 0.6 is 0 Å². The van der Waals surface area contributed by atoms with Gasteiger partial charge in [0.05, 0.1) is 13.5 Å². The van der Waals surface area contributed by atoms with Crippen LogP contribution in [0.4, 0.5) is 10.1 Å². The molecule has 2 aromatic rings. The van der Waals surface area contributed by atoms with Crippen molar-refractivity contribution in [2.45, 2.75) is 18.8 Å². The molecule has 0 aliphatic rings. The summed E-state index contributed by atoms with van der Waals surface area (Å²) in [6, 6.07) is 12.3. The van der Waals surface area contributed by atoms with Gasteiger partial charge in [-0.1, -0.05) is 12.1 Å². The molecule has 5 nitrogen and oxygen atoms in total. The number of ether oxygens (including phenoxy) is 1. The molecule has 1 amide bonds. The topological polar surface area (TPSA) is 75.6 Å². The van der Waals surface area contributed by atoms with Crippen LogP contribution in [0, 0.1) is 5.82 Å². The van der Waals surface area contributed by atoms with Crippen molar-refractivity contribution in [2.75, 3.05) is 12.4 Å². The van der Waals surface area contributed by atoms with Gasteiger partial charge in [-0.25, -0.2) is 4.39 Å². The molecule has 0 saturated carbocycles. The van der Waals surface area contributed by atoms with Gasteiger partial charge in [0, 0.05) is 18.0 Å². The molecular weight excluding hydrogens is 313 g/mol. The van der Waals surface area contributed by atoms with Crippen LogP contribution in [0.2, 0.25) is 0 Å². The van der Waals surface area contributed by atoms with Crippen molar-refractivity contribution >= 4 is 17.6 Å². The number of benzene rings is 2. The highest BCUT2D eigenvalue weighted by Crippen LogP contribution is 2.25. The molecule has 0 radical (unpaired) electrons. The number of aliphatic carboxylic acids is 1. The molecule has 1 atom stereocenters. The van der Waals surface area contributed by atoms with E-state index >= 15 is 0 Å². The van der Waals surface area contributed by atoms with Gasteiger partial charge >= 0.3 is 5.97 Å². The lowest BCUT2D eigenvalue weighted by atomic mass is 9.92. The van der Waals surface area contributed by atoms with E-state index in [1.807, 2.05) is 0 Å². The number of hydrogen-bond acceptors (Lipinski definition) is 3. The lowest BCUT2D eigenvalue weighted by Gasteiger charge is -2.15. The maximum Gasteiger partial charge on any atom is 0.303 e. The number of carboxylic acids is 1. The number of rotatable bonds is 7. The van der Waals surface area contributed by atoms with Crippen LogP contribution in [0.15, 0.2) is 48.5 Å². The Morgan fingerprint density at radius 2 is 1.71 bits per heavy atom. The molecule has 2 aromatic carbocycles. The third-order valence-corrected chi connectivity index (χ3v) is 3.57. The summed E-state index contributed by atoms with van der Waals surface area (Å²) in [5, 5.41) is 11.8. The minimum absolute atomic E-state index is 0.00996. The van der Waals surface area contributed by atoms with Crippen molar-refractivity contribution < 1.29 is 23.8 Å². The second-order valence-electron chi connectivity index (χ2n) is 5.33. The lowest BCUT2D eigenvalue weighted by molar-refractivity contribution is -0.137. The smallest absolute Gasteiger partial charge is 0.303 e. The number of amides is 1. The first-order valence-electron chi connectivity index (χ1n) is 7.39. The molecule has 0 fully saturated rings. The Morgan fingerprint density at radius 3 is 2.25 bits per heavy atom. The van der Waals surface area contributed by atoms with Crippen LogP contribution in [-0.2, 0) is 9.59 Å². The number of hydrogen-bond donors (Lipinski definition) is 2. The molecule has 126 valence electrons. The summed E-state index contributed by atoms with van der Waals surface area (Å²) in [6.45, 7) is 0. The van der Waals surface area contributed by atoms with E-state index in [0.717, 1.165) is 0 Å². The van der Waals surface area contributed by atoms with Gasteiger partial charge in [-0.2, -0.15) is 0 Å². The largest absolute Gasteiger partial charge is 0.497 e. The van der Waals surface area contributed by atoms with E-state index in [2.05, 4.69) is 5.32 Å². The van der Waals surface area contributed by atoms with E-state index in [-0.39, 0.29) is 18.7 Å². The molecule has 0 aliphatic carbocycles. The van der Waals surface area contributed by atoms with E-state index < -0.39 is 17.7 Å². The van der Waals surface area contributed by atoms with Crippen molar-refractivity contribution in [3.05, 3.63) is 59.9 Å². The van der Waals surface area contributed by atoms with Gasteiger partial charge in [-0.05, 0) is 42.0 Å². The molecule has 2 rings (SSSR count). The maximum atomic E-state index is 13.0. The van der Waals surface area contributed by atoms with Crippen LogP contribution in [-0.4, -0.2) is 24.1 Å². The predicted molar refractivity (Wildman–Crippen MR) is 87.6 cm³/mol.